The minimum atomic E-state index is -4.18. The molecule has 0 spiro atoms. The lowest BCUT2D eigenvalue weighted by atomic mass is 10.1. The summed E-state index contributed by atoms with van der Waals surface area (Å²) in [7, 11) is -2.72. The highest BCUT2D eigenvalue weighted by Crippen LogP contribution is 2.28. The average molecular weight is 625 g/mol. The van der Waals surface area contributed by atoms with E-state index >= 15 is 0 Å². The number of halogens is 2. The number of nitrogens with one attached hydrogen (secondary N) is 1. The van der Waals surface area contributed by atoms with E-state index < -0.39 is 34.4 Å². The van der Waals surface area contributed by atoms with Crippen molar-refractivity contribution in [3.63, 3.8) is 0 Å². The maximum absolute atomic E-state index is 13.9. The lowest BCUT2D eigenvalue weighted by Crippen LogP contribution is -2.50. The first-order valence-electron chi connectivity index (χ1n) is 12.4. The quantitative estimate of drug-likeness (QED) is 0.269. The van der Waals surface area contributed by atoms with Crippen LogP contribution in [0.15, 0.2) is 76.5 Å². The lowest BCUT2D eigenvalue weighted by Gasteiger charge is -2.32. The highest BCUT2D eigenvalue weighted by Gasteiger charge is 2.32. The molecule has 0 aliphatic rings. The van der Waals surface area contributed by atoms with Gasteiger partial charge in [-0.05, 0) is 86.3 Å². The van der Waals surface area contributed by atoms with Gasteiger partial charge in [-0.2, -0.15) is 0 Å². The van der Waals surface area contributed by atoms with E-state index in [1.807, 2.05) is 13.2 Å². The van der Waals surface area contributed by atoms with Crippen LogP contribution in [0.1, 0.15) is 19.4 Å². The molecule has 0 aliphatic heterocycles. The number of likely N-dealkylation sites (N-methyl/N-ethyl adjacent to an activating group) is 1. The normalized spacial score (nSPS) is 11.9. The van der Waals surface area contributed by atoms with E-state index in [9.17, 15) is 18.0 Å². The third-order valence-corrected chi connectivity index (χ3v) is 9.25. The van der Waals surface area contributed by atoms with Crippen LogP contribution in [0.2, 0.25) is 10.0 Å². The molecule has 2 amide bonds. The van der Waals surface area contributed by atoms with Gasteiger partial charge in [0, 0.05) is 28.5 Å². The third kappa shape index (κ3) is 7.63. The number of thioether (sulfide) groups is 1. The summed E-state index contributed by atoms with van der Waals surface area (Å²) in [4.78, 5) is 28.7. The monoisotopic (exact) mass is 623 g/mol. The Morgan fingerprint density at radius 1 is 1.02 bits per heavy atom. The number of carbonyl (C=O) groups is 2. The Labute approximate surface area is 249 Å². The molecule has 12 heteroatoms. The van der Waals surface area contributed by atoms with Crippen molar-refractivity contribution in [2.75, 3.05) is 30.8 Å². The van der Waals surface area contributed by atoms with E-state index in [2.05, 4.69) is 5.32 Å². The summed E-state index contributed by atoms with van der Waals surface area (Å²) in [6.07, 6.45) is 1.89. The Morgan fingerprint density at radius 2 is 1.68 bits per heavy atom. The average Bonchev–Trinajstić information content (AvgIpc) is 2.95. The highest BCUT2D eigenvalue weighted by molar-refractivity contribution is 7.98. The van der Waals surface area contributed by atoms with Gasteiger partial charge in [-0.25, -0.2) is 8.42 Å². The number of amides is 2. The van der Waals surface area contributed by atoms with Crippen LogP contribution in [0.25, 0.3) is 0 Å². The number of sulfonamides is 1. The molecule has 3 aromatic carbocycles. The van der Waals surface area contributed by atoms with Crippen LogP contribution < -0.4 is 14.4 Å². The van der Waals surface area contributed by atoms with Gasteiger partial charge < -0.3 is 15.0 Å². The van der Waals surface area contributed by atoms with Crippen molar-refractivity contribution in [1.29, 1.82) is 0 Å². The van der Waals surface area contributed by atoms with E-state index in [4.69, 9.17) is 27.9 Å². The van der Waals surface area contributed by atoms with Gasteiger partial charge in [0.15, 0.2) is 0 Å². The molecule has 0 saturated heterocycles. The first kappa shape index (κ1) is 31.6. The Bertz CT molecular complexity index is 1440. The van der Waals surface area contributed by atoms with Crippen LogP contribution in [0.5, 0.6) is 5.75 Å². The van der Waals surface area contributed by atoms with E-state index in [0.29, 0.717) is 28.0 Å². The first-order valence-corrected chi connectivity index (χ1v) is 15.8. The van der Waals surface area contributed by atoms with Crippen molar-refractivity contribution < 1.29 is 22.7 Å². The van der Waals surface area contributed by atoms with Crippen LogP contribution in [0.3, 0.4) is 0 Å². The zero-order chi connectivity index (χ0) is 29.4. The number of hydrogen-bond acceptors (Lipinski definition) is 6. The molecule has 0 unspecified atom stereocenters. The smallest absolute Gasteiger partial charge is 0.264 e. The van der Waals surface area contributed by atoms with E-state index in [1.54, 1.807) is 61.5 Å². The predicted octanol–water partition coefficient (Wildman–Crippen LogP) is 5.47. The van der Waals surface area contributed by atoms with E-state index in [-0.39, 0.29) is 17.1 Å². The Hall–Kier alpha value is -2.92. The molecule has 214 valence electrons. The summed E-state index contributed by atoms with van der Waals surface area (Å²) < 4.78 is 34.4. The fourth-order valence-corrected chi connectivity index (χ4v) is 6.19. The van der Waals surface area contributed by atoms with Crippen molar-refractivity contribution >= 4 is 62.5 Å². The number of hydrogen-bond donors (Lipinski definition) is 1. The van der Waals surface area contributed by atoms with Crippen molar-refractivity contribution in [2.24, 2.45) is 0 Å². The zero-order valence-electron chi connectivity index (χ0n) is 22.6. The maximum Gasteiger partial charge on any atom is 0.264 e. The number of rotatable bonds is 12. The number of nitrogens with zero attached hydrogens (tertiary/aromatic N) is 2. The minimum Gasteiger partial charge on any atom is -0.494 e. The molecule has 1 N–H and O–H groups in total. The largest absolute Gasteiger partial charge is 0.494 e. The third-order valence-electron chi connectivity index (χ3n) is 6.13. The van der Waals surface area contributed by atoms with Crippen LogP contribution in [0.4, 0.5) is 5.69 Å². The fraction of sp³-hybridized carbons (Fsp3) is 0.286. The molecule has 3 aromatic rings. The molecule has 0 aromatic heterocycles. The molecule has 0 radical (unpaired) electrons. The number of ether oxygens (including phenoxy) is 1. The molecule has 8 nitrogen and oxygen atoms in total. The first-order chi connectivity index (χ1) is 19.0. The van der Waals surface area contributed by atoms with Crippen LogP contribution in [-0.2, 0) is 26.2 Å². The van der Waals surface area contributed by atoms with Crippen LogP contribution in [0, 0.1) is 0 Å². The second-order valence-electron chi connectivity index (χ2n) is 8.66. The molecular formula is C28H31Cl2N3O5S2. The van der Waals surface area contributed by atoms with Gasteiger partial charge in [-0.15, -0.1) is 11.8 Å². The Kier molecular flexibility index (Phi) is 11.2. The maximum atomic E-state index is 13.9. The topological polar surface area (TPSA) is 96.0 Å². The molecule has 0 heterocycles. The molecule has 0 fully saturated rings. The van der Waals surface area contributed by atoms with E-state index in [0.717, 1.165) is 9.20 Å². The summed E-state index contributed by atoms with van der Waals surface area (Å²) in [5.41, 5.74) is 0.820. The second kappa shape index (κ2) is 14.1. The molecular weight excluding hydrogens is 593 g/mol. The highest BCUT2D eigenvalue weighted by atomic mass is 35.5. The summed E-state index contributed by atoms with van der Waals surface area (Å²) in [6, 6.07) is 16.8. The van der Waals surface area contributed by atoms with Crippen molar-refractivity contribution in [3.8, 4) is 5.75 Å². The van der Waals surface area contributed by atoms with Gasteiger partial charge in [0.25, 0.3) is 10.0 Å². The van der Waals surface area contributed by atoms with Crippen LogP contribution in [-0.4, -0.2) is 57.6 Å². The van der Waals surface area contributed by atoms with Gasteiger partial charge in [-0.3, -0.25) is 13.9 Å². The Balaban J connectivity index is 2.05. The van der Waals surface area contributed by atoms with Gasteiger partial charge in [-0.1, -0.05) is 29.3 Å². The van der Waals surface area contributed by atoms with Crippen molar-refractivity contribution in [3.05, 3.63) is 82.3 Å². The number of benzene rings is 3. The van der Waals surface area contributed by atoms with Crippen LogP contribution >= 0.6 is 35.0 Å². The van der Waals surface area contributed by atoms with Crippen molar-refractivity contribution in [2.45, 2.75) is 36.2 Å². The summed E-state index contributed by atoms with van der Waals surface area (Å²) in [5.74, 6) is -0.451. The van der Waals surface area contributed by atoms with E-state index in [1.165, 1.54) is 35.8 Å². The van der Waals surface area contributed by atoms with Gasteiger partial charge in [0.2, 0.25) is 11.8 Å². The fourth-order valence-electron chi connectivity index (χ4n) is 3.90. The second-order valence-corrected chi connectivity index (χ2v) is 12.2. The molecule has 0 bridgehead atoms. The zero-order valence-corrected chi connectivity index (χ0v) is 25.7. The SMILES string of the molecule is CCOc1ccc(N(CC(=O)N(Cc2ccc(Cl)cc2Cl)[C@H](C)C(=O)NC)S(=O)(=O)c2ccc(SC)cc2)cc1. The lowest BCUT2D eigenvalue weighted by molar-refractivity contribution is -0.139. The Morgan fingerprint density at radius 3 is 2.23 bits per heavy atom. The molecule has 0 aliphatic carbocycles. The summed E-state index contributed by atoms with van der Waals surface area (Å²) in [6.45, 7) is 3.26. The summed E-state index contributed by atoms with van der Waals surface area (Å²) in [5, 5.41) is 3.29. The summed E-state index contributed by atoms with van der Waals surface area (Å²) >= 11 is 13.9. The van der Waals surface area contributed by atoms with Gasteiger partial charge in [0.05, 0.1) is 17.2 Å². The molecule has 3 rings (SSSR count). The van der Waals surface area contributed by atoms with Crippen molar-refractivity contribution in [1.82, 2.24) is 10.2 Å². The van der Waals surface area contributed by atoms with Gasteiger partial charge in [0.1, 0.15) is 18.3 Å². The molecule has 0 saturated carbocycles. The standard InChI is InChI=1S/C28H31Cl2N3O5S2/c1-5-38-23-10-8-22(9-11-23)33(40(36,37)25-14-12-24(39-4)13-15-25)18-27(34)32(19(2)28(35)31-3)17-20-6-7-21(29)16-26(20)30/h6-16,19H,5,17-18H2,1-4H3,(H,31,35)/t19-/m1/s1. The van der Waals surface area contributed by atoms with Gasteiger partial charge >= 0.3 is 0 Å². The number of carbonyl (C=O) groups excluding carboxylic acids is 2. The number of anilines is 1. The predicted molar refractivity (Wildman–Crippen MR) is 161 cm³/mol. The molecule has 1 atom stereocenters. The minimum absolute atomic E-state index is 0.0265. The molecule has 40 heavy (non-hydrogen) atoms.